The smallest absolute Gasteiger partial charge is 0.200 e. The maximum atomic E-state index is 6.31. The molecule has 154 valence electrons. The number of benzene rings is 3. The zero-order valence-corrected chi connectivity index (χ0v) is 17.4. The molecule has 0 aliphatic rings. The lowest BCUT2D eigenvalue weighted by molar-refractivity contribution is 0.414. The molecule has 2 heterocycles. The van der Waals surface area contributed by atoms with Gasteiger partial charge >= 0.3 is 0 Å². The molecule has 3 aromatic carbocycles. The highest BCUT2D eigenvalue weighted by atomic mass is 16.5. The average molecular weight is 410 g/mol. The second kappa shape index (κ2) is 8.03. The number of rotatable bonds is 6. The average Bonchev–Trinajstić information content (AvgIpc) is 3.44. The number of ether oxygens (including phenoxy) is 2. The van der Waals surface area contributed by atoms with E-state index >= 15 is 0 Å². The molecule has 0 spiro atoms. The summed E-state index contributed by atoms with van der Waals surface area (Å²) in [6.45, 7) is 0. The molecule has 0 saturated carbocycles. The molecular weight excluding hydrogens is 388 g/mol. The first-order chi connectivity index (χ1) is 15.2. The predicted octanol–water partition coefficient (Wildman–Crippen LogP) is 6.10. The molecule has 5 rings (SSSR count). The highest BCUT2D eigenvalue weighted by Gasteiger charge is 2.18. The molecule has 0 fully saturated rings. The molecule has 1 N–H and O–H groups in total. The molecule has 0 saturated heterocycles. The third-order valence-electron chi connectivity index (χ3n) is 5.40. The van der Waals surface area contributed by atoms with Gasteiger partial charge in [0.25, 0.3) is 0 Å². The van der Waals surface area contributed by atoms with Gasteiger partial charge in [0.05, 0.1) is 20.6 Å². The Morgan fingerprint density at radius 1 is 0.806 bits per heavy atom. The molecule has 5 nitrogen and oxygen atoms in total. The van der Waals surface area contributed by atoms with Crippen LogP contribution in [0.3, 0.4) is 0 Å². The molecule has 0 unspecified atom stereocenters. The van der Waals surface area contributed by atoms with Crippen LogP contribution < -0.4 is 9.47 Å². The number of nitrogens with zero attached hydrogens (tertiary/aromatic N) is 1. The lowest BCUT2D eigenvalue weighted by atomic mass is 10.1. The van der Waals surface area contributed by atoms with Crippen LogP contribution in [0, 0.1) is 0 Å². The van der Waals surface area contributed by atoms with Crippen LogP contribution in [0.4, 0.5) is 0 Å². The number of para-hydroxylation sites is 1. The summed E-state index contributed by atoms with van der Waals surface area (Å²) in [5, 5.41) is 1.18. The Morgan fingerprint density at radius 3 is 2.13 bits per heavy atom. The standard InChI is InChI=1S/C26H22N2O3/c1-29-20-11-7-17(8-12-20)25-26(18-9-13-21(30-2)14-10-18)31-24(28-25)15-19-16-27-23-6-4-3-5-22(19)23/h3-14,16,27H,15H2,1-2H3. The van der Waals surface area contributed by atoms with Crippen LogP contribution in [0.1, 0.15) is 11.5 Å². The largest absolute Gasteiger partial charge is 0.497 e. The molecule has 0 aliphatic carbocycles. The van der Waals surface area contributed by atoms with Gasteiger partial charge in [-0.3, -0.25) is 0 Å². The van der Waals surface area contributed by atoms with Gasteiger partial charge in [-0.25, -0.2) is 4.98 Å². The number of oxazole rings is 1. The van der Waals surface area contributed by atoms with E-state index in [4.69, 9.17) is 18.9 Å². The number of fused-ring (bicyclic) bond motifs is 1. The van der Waals surface area contributed by atoms with Crippen LogP contribution in [-0.2, 0) is 6.42 Å². The Hall–Kier alpha value is -3.99. The molecule has 0 bridgehead atoms. The maximum absolute atomic E-state index is 6.31. The Labute approximate surface area is 180 Å². The summed E-state index contributed by atoms with van der Waals surface area (Å²) in [5.41, 5.74) is 4.99. The van der Waals surface area contributed by atoms with Gasteiger partial charge in [-0.1, -0.05) is 18.2 Å². The van der Waals surface area contributed by atoms with Crippen LogP contribution in [0.25, 0.3) is 33.5 Å². The van der Waals surface area contributed by atoms with Crippen molar-refractivity contribution < 1.29 is 13.9 Å². The fourth-order valence-electron chi connectivity index (χ4n) is 3.76. The van der Waals surface area contributed by atoms with Gasteiger partial charge in [-0.15, -0.1) is 0 Å². The second-order valence-corrected chi connectivity index (χ2v) is 7.28. The van der Waals surface area contributed by atoms with Gasteiger partial charge in [0.2, 0.25) is 0 Å². The van der Waals surface area contributed by atoms with Crippen LogP contribution >= 0.6 is 0 Å². The number of hydrogen-bond donors (Lipinski definition) is 1. The SMILES string of the molecule is COc1ccc(-c2nc(Cc3c[nH]c4ccccc34)oc2-c2ccc(OC)cc2)cc1. The number of H-pyrrole nitrogens is 1. The number of methoxy groups -OCH3 is 2. The maximum Gasteiger partial charge on any atom is 0.200 e. The normalized spacial score (nSPS) is 11.0. The van der Waals surface area contributed by atoms with E-state index in [0.717, 1.165) is 45.2 Å². The number of aromatic nitrogens is 2. The first-order valence-corrected chi connectivity index (χ1v) is 10.1. The number of hydrogen-bond acceptors (Lipinski definition) is 4. The lowest BCUT2D eigenvalue weighted by Crippen LogP contribution is -1.88. The van der Waals surface area contributed by atoms with Crippen molar-refractivity contribution in [1.29, 1.82) is 0 Å². The summed E-state index contributed by atoms with van der Waals surface area (Å²) >= 11 is 0. The summed E-state index contributed by atoms with van der Waals surface area (Å²) in [6.07, 6.45) is 2.62. The van der Waals surface area contributed by atoms with Crippen LogP contribution in [-0.4, -0.2) is 24.2 Å². The number of nitrogens with one attached hydrogen (secondary N) is 1. The third kappa shape index (κ3) is 3.66. The zero-order chi connectivity index (χ0) is 21.2. The van der Waals surface area contributed by atoms with E-state index in [1.807, 2.05) is 66.9 Å². The highest BCUT2D eigenvalue weighted by molar-refractivity contribution is 5.83. The van der Waals surface area contributed by atoms with Crippen LogP contribution in [0.2, 0.25) is 0 Å². The quantitative estimate of drug-likeness (QED) is 0.367. The van der Waals surface area contributed by atoms with Gasteiger partial charge in [0.15, 0.2) is 11.7 Å². The summed E-state index contributed by atoms with van der Waals surface area (Å²) < 4.78 is 16.9. The first kappa shape index (κ1) is 19.0. The topological polar surface area (TPSA) is 60.3 Å². The zero-order valence-electron chi connectivity index (χ0n) is 17.4. The molecule has 5 heteroatoms. The molecule has 0 atom stereocenters. The molecule has 0 aliphatic heterocycles. The Morgan fingerprint density at radius 2 is 1.45 bits per heavy atom. The van der Waals surface area contributed by atoms with Crippen molar-refractivity contribution >= 4 is 10.9 Å². The van der Waals surface area contributed by atoms with Gasteiger partial charge in [0, 0.05) is 28.2 Å². The fourth-order valence-corrected chi connectivity index (χ4v) is 3.76. The van der Waals surface area contributed by atoms with Crippen LogP contribution in [0.15, 0.2) is 83.4 Å². The van der Waals surface area contributed by atoms with Crippen LogP contribution in [0.5, 0.6) is 11.5 Å². The van der Waals surface area contributed by atoms with Crippen molar-refractivity contribution in [2.75, 3.05) is 14.2 Å². The van der Waals surface area contributed by atoms with Gasteiger partial charge < -0.3 is 18.9 Å². The minimum atomic E-state index is 0.601. The summed E-state index contributed by atoms with van der Waals surface area (Å²) in [5.74, 6) is 3.01. The Balaban J connectivity index is 1.58. The van der Waals surface area contributed by atoms with Crippen molar-refractivity contribution in [3.8, 4) is 34.1 Å². The molecule has 2 aromatic heterocycles. The summed E-state index contributed by atoms with van der Waals surface area (Å²) in [4.78, 5) is 8.21. The van der Waals surface area contributed by atoms with Gasteiger partial charge in [0.1, 0.15) is 17.2 Å². The molecule has 0 radical (unpaired) electrons. The second-order valence-electron chi connectivity index (χ2n) is 7.28. The molecular formula is C26H22N2O3. The van der Waals surface area contributed by atoms with Crippen molar-refractivity contribution in [3.05, 3.63) is 90.4 Å². The summed E-state index contributed by atoms with van der Waals surface area (Å²) in [6, 6.07) is 23.9. The third-order valence-corrected chi connectivity index (χ3v) is 5.40. The number of aromatic amines is 1. The minimum absolute atomic E-state index is 0.601. The van der Waals surface area contributed by atoms with Crippen molar-refractivity contribution in [2.24, 2.45) is 0 Å². The molecule has 0 amide bonds. The van der Waals surface area contributed by atoms with E-state index in [9.17, 15) is 0 Å². The van der Waals surface area contributed by atoms with E-state index in [0.29, 0.717) is 12.3 Å². The van der Waals surface area contributed by atoms with Crippen molar-refractivity contribution in [2.45, 2.75) is 6.42 Å². The monoisotopic (exact) mass is 410 g/mol. The van der Waals surface area contributed by atoms with Gasteiger partial charge in [-0.05, 0) is 60.2 Å². The Kier molecular flexibility index (Phi) is 4.92. The molecule has 5 aromatic rings. The summed E-state index contributed by atoms with van der Waals surface area (Å²) in [7, 11) is 3.32. The van der Waals surface area contributed by atoms with E-state index in [1.165, 1.54) is 5.39 Å². The predicted molar refractivity (Wildman–Crippen MR) is 122 cm³/mol. The van der Waals surface area contributed by atoms with E-state index in [-0.39, 0.29) is 0 Å². The molecule has 31 heavy (non-hydrogen) atoms. The van der Waals surface area contributed by atoms with E-state index < -0.39 is 0 Å². The fraction of sp³-hybridized carbons (Fsp3) is 0.115. The van der Waals surface area contributed by atoms with Gasteiger partial charge in [-0.2, -0.15) is 0 Å². The van der Waals surface area contributed by atoms with Crippen molar-refractivity contribution in [1.82, 2.24) is 9.97 Å². The Bertz CT molecular complexity index is 1250. The van der Waals surface area contributed by atoms with E-state index in [2.05, 4.69) is 17.1 Å². The highest BCUT2D eigenvalue weighted by Crippen LogP contribution is 2.35. The lowest BCUT2D eigenvalue weighted by Gasteiger charge is -2.04. The first-order valence-electron chi connectivity index (χ1n) is 10.1. The van der Waals surface area contributed by atoms with E-state index in [1.54, 1.807) is 14.2 Å². The minimum Gasteiger partial charge on any atom is -0.497 e. The van der Waals surface area contributed by atoms with Crippen molar-refractivity contribution in [3.63, 3.8) is 0 Å².